The van der Waals surface area contributed by atoms with Crippen molar-refractivity contribution in [3.05, 3.63) is 35.4 Å². The predicted octanol–water partition coefficient (Wildman–Crippen LogP) is -1.08. The second-order valence-electron chi connectivity index (χ2n) is 7.50. The van der Waals surface area contributed by atoms with Gasteiger partial charge in [-0.3, -0.25) is 20.0 Å². The van der Waals surface area contributed by atoms with Crippen molar-refractivity contribution < 1.29 is 14.4 Å². The monoisotopic (exact) mass is 460 g/mol. The summed E-state index contributed by atoms with van der Waals surface area (Å²) >= 11 is 0. The van der Waals surface area contributed by atoms with E-state index in [1.165, 1.54) is 18.3 Å². The van der Waals surface area contributed by atoms with E-state index in [9.17, 15) is 14.4 Å². The Hall–Kier alpha value is -4.16. The number of benzene rings is 1. The standard InChI is InChI=1S/C20H32N10O3/c1-11(2)15(29-17(31)13-7-5-12(6-8-13)16(21)22)18(32)28-14(10-27-30-20(25)33)4-3-9-26-19(23)24/h5-8,10-11,14-15H,3-4,9H2,1-2H3,(H3,21,22)(H,28,32)(H,29,31)(H4,23,24,26)(H3,25,30,33)/t14-,15-/m0/s1. The van der Waals surface area contributed by atoms with E-state index < -0.39 is 29.9 Å². The van der Waals surface area contributed by atoms with Crippen LogP contribution in [-0.4, -0.2) is 54.5 Å². The second kappa shape index (κ2) is 13.3. The number of carbonyl (C=O) groups is 3. The van der Waals surface area contributed by atoms with E-state index in [4.69, 9.17) is 28.3 Å². The molecule has 13 nitrogen and oxygen atoms in total. The highest BCUT2D eigenvalue weighted by atomic mass is 16.2. The van der Waals surface area contributed by atoms with Crippen LogP contribution in [0.4, 0.5) is 4.79 Å². The van der Waals surface area contributed by atoms with Gasteiger partial charge >= 0.3 is 6.03 Å². The maximum absolute atomic E-state index is 12.9. The molecule has 1 aromatic rings. The normalized spacial score (nSPS) is 12.6. The first kappa shape index (κ1) is 26.9. The molecule has 0 unspecified atom stereocenters. The number of urea groups is 1. The average molecular weight is 461 g/mol. The van der Waals surface area contributed by atoms with Crippen LogP contribution in [0, 0.1) is 11.3 Å². The van der Waals surface area contributed by atoms with Crippen molar-refractivity contribution in [2.45, 2.75) is 38.8 Å². The lowest BCUT2D eigenvalue weighted by atomic mass is 10.0. The van der Waals surface area contributed by atoms with Gasteiger partial charge in [-0.25, -0.2) is 10.2 Å². The molecule has 0 aliphatic rings. The number of hydrazone groups is 1. The van der Waals surface area contributed by atoms with E-state index in [1.807, 2.05) is 0 Å². The molecule has 4 amide bonds. The summed E-state index contributed by atoms with van der Waals surface area (Å²) in [6, 6.07) is 3.88. The number of rotatable bonds is 12. The first-order chi connectivity index (χ1) is 15.5. The fourth-order valence-corrected chi connectivity index (χ4v) is 2.73. The van der Waals surface area contributed by atoms with Gasteiger partial charge in [0.2, 0.25) is 5.91 Å². The maximum Gasteiger partial charge on any atom is 0.332 e. The van der Waals surface area contributed by atoms with Crippen LogP contribution in [0.25, 0.3) is 0 Å². The molecule has 12 N–H and O–H groups in total. The molecule has 1 rings (SSSR count). The number of nitrogens with one attached hydrogen (secondary N) is 4. The molecule has 0 bridgehead atoms. The van der Waals surface area contributed by atoms with Crippen molar-refractivity contribution in [2.75, 3.05) is 6.54 Å². The minimum atomic E-state index is -0.847. The number of hydrogen-bond acceptors (Lipinski definition) is 6. The second-order valence-corrected chi connectivity index (χ2v) is 7.50. The zero-order valence-electron chi connectivity index (χ0n) is 18.7. The fourth-order valence-electron chi connectivity index (χ4n) is 2.73. The van der Waals surface area contributed by atoms with E-state index in [1.54, 1.807) is 26.0 Å². The summed E-state index contributed by atoms with van der Waals surface area (Å²) in [5, 5.41) is 16.6. The van der Waals surface area contributed by atoms with Crippen LogP contribution >= 0.6 is 0 Å². The van der Waals surface area contributed by atoms with E-state index in [0.717, 1.165) is 0 Å². The van der Waals surface area contributed by atoms with Gasteiger partial charge in [-0.15, -0.1) is 0 Å². The molecule has 33 heavy (non-hydrogen) atoms. The third-order valence-corrected chi connectivity index (χ3v) is 4.42. The minimum absolute atomic E-state index is 0.0430. The summed E-state index contributed by atoms with van der Waals surface area (Å²) in [6.07, 6.45) is 2.27. The summed E-state index contributed by atoms with van der Waals surface area (Å²) in [6.45, 7) is 3.92. The number of guanidine groups is 1. The number of nitrogen functional groups attached to an aromatic ring is 1. The third kappa shape index (κ3) is 10.1. The van der Waals surface area contributed by atoms with Gasteiger partial charge in [-0.1, -0.05) is 26.0 Å². The molecule has 0 aromatic heterocycles. The molecule has 180 valence electrons. The van der Waals surface area contributed by atoms with Crippen LogP contribution in [0.15, 0.2) is 34.4 Å². The smallest absolute Gasteiger partial charge is 0.332 e. The quantitative estimate of drug-likeness (QED) is 0.0833. The van der Waals surface area contributed by atoms with E-state index in [-0.39, 0.29) is 17.7 Å². The molecule has 2 atom stereocenters. The topological polar surface area (TPSA) is 240 Å². The Morgan fingerprint density at radius 2 is 1.64 bits per heavy atom. The Morgan fingerprint density at radius 1 is 1.03 bits per heavy atom. The lowest BCUT2D eigenvalue weighted by Gasteiger charge is -2.24. The van der Waals surface area contributed by atoms with Crippen LogP contribution < -0.4 is 39.0 Å². The zero-order chi connectivity index (χ0) is 25.0. The lowest BCUT2D eigenvalue weighted by molar-refractivity contribution is -0.124. The fraction of sp³-hybridized carbons (Fsp3) is 0.400. The average Bonchev–Trinajstić information content (AvgIpc) is 2.73. The molecule has 0 aliphatic carbocycles. The van der Waals surface area contributed by atoms with Crippen LogP contribution in [0.3, 0.4) is 0 Å². The molecule has 0 fully saturated rings. The molecule has 0 radical (unpaired) electrons. The molecule has 13 heteroatoms. The van der Waals surface area contributed by atoms with Gasteiger partial charge in [-0.05, 0) is 30.9 Å². The minimum Gasteiger partial charge on any atom is -0.384 e. The molecule has 0 aliphatic heterocycles. The number of hydrogen-bond donors (Lipinski definition) is 8. The van der Waals surface area contributed by atoms with Gasteiger partial charge in [-0.2, -0.15) is 5.10 Å². The molecule has 0 saturated carbocycles. The predicted molar refractivity (Wildman–Crippen MR) is 127 cm³/mol. The summed E-state index contributed by atoms with van der Waals surface area (Å²) in [5.41, 5.74) is 23.9. The number of aliphatic imine (C=N–C) groups is 1. The SMILES string of the molecule is CC(C)[C@H](NC(=O)c1ccc(C(=N)N)cc1)C(=O)N[C@H](C=NNC(N)=O)CCCN=C(N)N. The number of nitrogens with two attached hydrogens (primary N) is 4. The van der Waals surface area contributed by atoms with Crippen molar-refractivity contribution in [2.24, 2.45) is 38.9 Å². The highest BCUT2D eigenvalue weighted by molar-refractivity contribution is 6.00. The van der Waals surface area contributed by atoms with Crippen molar-refractivity contribution in [3.63, 3.8) is 0 Å². The van der Waals surface area contributed by atoms with Crippen molar-refractivity contribution in [1.29, 1.82) is 5.41 Å². The highest BCUT2D eigenvalue weighted by Gasteiger charge is 2.26. The highest BCUT2D eigenvalue weighted by Crippen LogP contribution is 2.08. The molecule has 1 aromatic carbocycles. The van der Waals surface area contributed by atoms with Crippen LogP contribution in [-0.2, 0) is 4.79 Å². The van der Waals surface area contributed by atoms with E-state index in [2.05, 4.69) is 26.2 Å². The molecule has 0 saturated heterocycles. The van der Waals surface area contributed by atoms with E-state index >= 15 is 0 Å². The number of amidine groups is 1. The summed E-state index contributed by atoms with van der Waals surface area (Å²) in [5.74, 6) is -1.27. The molecular formula is C20H32N10O3. The van der Waals surface area contributed by atoms with Crippen LogP contribution in [0.2, 0.25) is 0 Å². The van der Waals surface area contributed by atoms with Gasteiger partial charge in [0.25, 0.3) is 5.91 Å². The first-order valence-electron chi connectivity index (χ1n) is 10.2. The van der Waals surface area contributed by atoms with Crippen molar-refractivity contribution in [3.8, 4) is 0 Å². The Bertz CT molecular complexity index is 892. The lowest BCUT2D eigenvalue weighted by Crippen LogP contribution is -2.52. The van der Waals surface area contributed by atoms with Crippen LogP contribution in [0.5, 0.6) is 0 Å². The first-order valence-corrected chi connectivity index (χ1v) is 10.2. The van der Waals surface area contributed by atoms with Gasteiger partial charge in [0.1, 0.15) is 11.9 Å². The van der Waals surface area contributed by atoms with Gasteiger partial charge < -0.3 is 33.6 Å². The number of carbonyl (C=O) groups excluding carboxylic acids is 3. The number of amides is 4. The summed E-state index contributed by atoms with van der Waals surface area (Å²) in [7, 11) is 0. The number of primary amides is 1. The Labute approximate surface area is 191 Å². The van der Waals surface area contributed by atoms with Crippen molar-refractivity contribution in [1.82, 2.24) is 16.1 Å². The van der Waals surface area contributed by atoms with Gasteiger partial charge in [0.15, 0.2) is 5.96 Å². The van der Waals surface area contributed by atoms with E-state index in [0.29, 0.717) is 30.5 Å². The Balaban J connectivity index is 2.88. The third-order valence-electron chi connectivity index (χ3n) is 4.42. The van der Waals surface area contributed by atoms with Crippen LogP contribution in [0.1, 0.15) is 42.6 Å². The molecule has 0 heterocycles. The Kier molecular flexibility index (Phi) is 10.8. The largest absolute Gasteiger partial charge is 0.384 e. The zero-order valence-corrected chi connectivity index (χ0v) is 18.7. The van der Waals surface area contributed by atoms with Gasteiger partial charge in [0, 0.05) is 23.9 Å². The summed E-state index contributed by atoms with van der Waals surface area (Å²) in [4.78, 5) is 40.3. The summed E-state index contributed by atoms with van der Waals surface area (Å²) < 4.78 is 0. The van der Waals surface area contributed by atoms with Gasteiger partial charge in [0.05, 0.1) is 6.04 Å². The number of nitrogens with zero attached hydrogens (tertiary/aromatic N) is 2. The van der Waals surface area contributed by atoms with Crippen molar-refractivity contribution >= 4 is 35.9 Å². The molecular weight excluding hydrogens is 428 g/mol. The Morgan fingerprint density at radius 3 is 2.15 bits per heavy atom. The maximum atomic E-state index is 12.9. The molecule has 0 spiro atoms.